The third-order valence-corrected chi connectivity index (χ3v) is 7.96. The quantitative estimate of drug-likeness (QED) is 0.653. The molecule has 1 fully saturated rings. The van der Waals surface area contributed by atoms with Gasteiger partial charge in [-0.05, 0) is 74.8 Å². The highest BCUT2D eigenvalue weighted by Gasteiger charge is 2.25. The van der Waals surface area contributed by atoms with Gasteiger partial charge < -0.3 is 0 Å². The number of benzene rings is 1. The smallest absolute Gasteiger partial charge is 0.208 e. The second kappa shape index (κ2) is 7.46. The molecule has 20 heavy (non-hydrogen) atoms. The van der Waals surface area contributed by atoms with Gasteiger partial charge in [0.1, 0.15) is 4.90 Å². The van der Waals surface area contributed by atoms with Crippen molar-refractivity contribution in [1.29, 1.82) is 0 Å². The fraction of sp³-hybridized carbons (Fsp3) is 0.500. The minimum absolute atomic E-state index is 0.0254. The van der Waals surface area contributed by atoms with Crippen molar-refractivity contribution < 1.29 is 8.42 Å². The van der Waals surface area contributed by atoms with Crippen LogP contribution >= 0.6 is 59.6 Å². The van der Waals surface area contributed by atoms with Gasteiger partial charge >= 0.3 is 0 Å². The van der Waals surface area contributed by atoms with Crippen molar-refractivity contribution in [2.45, 2.75) is 30.2 Å². The maximum absolute atomic E-state index is 12.6. The second-order valence-corrected chi connectivity index (χ2v) is 10.1. The van der Waals surface area contributed by atoms with Gasteiger partial charge in [0.25, 0.3) is 0 Å². The first-order valence-electron chi connectivity index (χ1n) is 6.15. The molecule has 1 aliphatic heterocycles. The van der Waals surface area contributed by atoms with Crippen molar-refractivity contribution in [3.63, 3.8) is 0 Å². The standard InChI is InChI=1S/C12H14Br3NO2S2/c13-8-6-10(14)12(11(15)7-8)20(17,18)16-9-2-1-4-19-5-3-9/h6-7,9,16H,1-5H2. The third-order valence-electron chi connectivity index (χ3n) is 3.01. The average Bonchev–Trinajstić information content (AvgIpc) is 2.54. The fourth-order valence-electron chi connectivity index (χ4n) is 2.09. The molecule has 1 saturated heterocycles. The van der Waals surface area contributed by atoms with Gasteiger partial charge in [0, 0.05) is 19.5 Å². The molecule has 0 amide bonds. The van der Waals surface area contributed by atoms with Gasteiger partial charge in [-0.15, -0.1) is 0 Å². The summed E-state index contributed by atoms with van der Waals surface area (Å²) in [6.07, 6.45) is 2.84. The Morgan fingerprint density at radius 2 is 1.75 bits per heavy atom. The van der Waals surface area contributed by atoms with E-state index in [2.05, 4.69) is 52.5 Å². The predicted octanol–water partition coefficient (Wildman–Crippen LogP) is 4.54. The zero-order valence-electron chi connectivity index (χ0n) is 10.5. The van der Waals surface area contributed by atoms with Crippen LogP contribution in [-0.4, -0.2) is 26.0 Å². The molecule has 1 atom stereocenters. The van der Waals surface area contributed by atoms with Crippen LogP contribution in [0.5, 0.6) is 0 Å². The molecule has 0 aromatic heterocycles. The fourth-order valence-corrected chi connectivity index (χ4v) is 8.07. The summed E-state index contributed by atoms with van der Waals surface area (Å²) in [5.41, 5.74) is 0. The number of rotatable bonds is 3. The lowest BCUT2D eigenvalue weighted by Crippen LogP contribution is -2.35. The Labute approximate surface area is 149 Å². The lowest BCUT2D eigenvalue weighted by Gasteiger charge is -2.17. The largest absolute Gasteiger partial charge is 0.243 e. The molecule has 3 nitrogen and oxygen atoms in total. The number of nitrogens with one attached hydrogen (secondary N) is 1. The van der Waals surface area contributed by atoms with Crippen molar-refractivity contribution in [2.24, 2.45) is 0 Å². The van der Waals surface area contributed by atoms with E-state index < -0.39 is 10.0 Å². The molecule has 1 unspecified atom stereocenters. The Bertz CT molecular complexity index is 561. The van der Waals surface area contributed by atoms with Crippen LogP contribution in [0.25, 0.3) is 0 Å². The van der Waals surface area contributed by atoms with Crippen LogP contribution in [0.1, 0.15) is 19.3 Å². The summed E-state index contributed by atoms with van der Waals surface area (Å²) in [5.74, 6) is 2.12. The van der Waals surface area contributed by atoms with Crippen molar-refractivity contribution in [1.82, 2.24) is 4.72 Å². The lowest BCUT2D eigenvalue weighted by molar-refractivity contribution is 0.520. The van der Waals surface area contributed by atoms with E-state index in [9.17, 15) is 8.42 Å². The van der Waals surface area contributed by atoms with Crippen LogP contribution in [0.3, 0.4) is 0 Å². The average molecular weight is 508 g/mol. The van der Waals surface area contributed by atoms with E-state index in [4.69, 9.17) is 0 Å². The summed E-state index contributed by atoms with van der Waals surface area (Å²) < 4.78 is 29.9. The van der Waals surface area contributed by atoms with Crippen LogP contribution in [-0.2, 0) is 10.0 Å². The van der Waals surface area contributed by atoms with Crippen LogP contribution in [0, 0.1) is 0 Å². The Kier molecular flexibility index (Phi) is 6.44. The van der Waals surface area contributed by atoms with Crippen molar-refractivity contribution in [3.05, 3.63) is 25.6 Å². The first-order chi connectivity index (χ1) is 9.40. The molecule has 112 valence electrons. The maximum Gasteiger partial charge on any atom is 0.243 e. The van der Waals surface area contributed by atoms with Gasteiger partial charge in [-0.3, -0.25) is 0 Å². The topological polar surface area (TPSA) is 46.2 Å². The molecule has 2 rings (SSSR count). The predicted molar refractivity (Wildman–Crippen MR) is 94.8 cm³/mol. The van der Waals surface area contributed by atoms with E-state index in [1.54, 1.807) is 12.1 Å². The molecule has 0 saturated carbocycles. The molecule has 1 aromatic rings. The van der Waals surface area contributed by atoms with E-state index >= 15 is 0 Å². The number of hydrogen-bond acceptors (Lipinski definition) is 3. The van der Waals surface area contributed by atoms with Gasteiger partial charge in [0.15, 0.2) is 0 Å². The molecule has 1 N–H and O–H groups in total. The maximum atomic E-state index is 12.6. The Morgan fingerprint density at radius 3 is 2.40 bits per heavy atom. The summed E-state index contributed by atoms with van der Waals surface area (Å²) >= 11 is 11.9. The molecular weight excluding hydrogens is 494 g/mol. The van der Waals surface area contributed by atoms with E-state index in [0.29, 0.717) is 8.95 Å². The van der Waals surface area contributed by atoms with Crippen LogP contribution in [0.15, 0.2) is 30.4 Å². The zero-order chi connectivity index (χ0) is 14.8. The zero-order valence-corrected chi connectivity index (χ0v) is 16.9. The molecule has 0 bridgehead atoms. The monoisotopic (exact) mass is 505 g/mol. The first-order valence-corrected chi connectivity index (χ1v) is 11.2. The van der Waals surface area contributed by atoms with Crippen LogP contribution in [0.2, 0.25) is 0 Å². The van der Waals surface area contributed by atoms with Gasteiger partial charge in [-0.25, -0.2) is 13.1 Å². The Balaban J connectivity index is 2.26. The SMILES string of the molecule is O=S(=O)(NC1CCCSCC1)c1c(Br)cc(Br)cc1Br. The number of halogens is 3. The van der Waals surface area contributed by atoms with Gasteiger partial charge in [0.2, 0.25) is 10.0 Å². The highest BCUT2D eigenvalue weighted by atomic mass is 79.9. The molecule has 8 heteroatoms. The Morgan fingerprint density at radius 1 is 1.10 bits per heavy atom. The summed E-state index contributed by atoms with van der Waals surface area (Å²) in [6.45, 7) is 0. The van der Waals surface area contributed by atoms with Gasteiger partial charge in [0.05, 0.1) is 0 Å². The minimum atomic E-state index is -3.53. The molecule has 0 aliphatic carbocycles. The highest BCUT2D eigenvalue weighted by molar-refractivity contribution is 9.11. The summed E-state index contributed by atoms with van der Waals surface area (Å²) in [7, 11) is -3.53. The summed E-state index contributed by atoms with van der Waals surface area (Å²) in [4.78, 5) is 0.262. The molecular formula is C12H14Br3NO2S2. The molecule has 1 aromatic carbocycles. The third kappa shape index (κ3) is 4.46. The lowest BCUT2D eigenvalue weighted by atomic mass is 10.1. The number of hydrogen-bond donors (Lipinski definition) is 1. The van der Waals surface area contributed by atoms with E-state index in [-0.39, 0.29) is 10.9 Å². The number of sulfonamides is 1. The van der Waals surface area contributed by atoms with E-state index in [1.807, 2.05) is 11.8 Å². The van der Waals surface area contributed by atoms with Gasteiger partial charge in [-0.2, -0.15) is 11.8 Å². The Hall–Kier alpha value is 0.920. The van der Waals surface area contributed by atoms with Gasteiger partial charge in [-0.1, -0.05) is 15.9 Å². The van der Waals surface area contributed by atoms with E-state index in [1.165, 1.54) is 0 Å². The first kappa shape index (κ1) is 17.3. The normalized spacial score (nSPS) is 20.6. The van der Waals surface area contributed by atoms with Crippen molar-refractivity contribution >= 4 is 69.6 Å². The summed E-state index contributed by atoms with van der Waals surface area (Å²) in [5, 5.41) is 0. The molecule has 0 radical (unpaired) electrons. The van der Waals surface area contributed by atoms with Crippen LogP contribution < -0.4 is 4.72 Å². The highest BCUT2D eigenvalue weighted by Crippen LogP contribution is 2.33. The number of thioether (sulfide) groups is 1. The van der Waals surface area contributed by atoms with Crippen molar-refractivity contribution in [2.75, 3.05) is 11.5 Å². The van der Waals surface area contributed by atoms with Crippen molar-refractivity contribution in [3.8, 4) is 0 Å². The molecule has 1 aliphatic rings. The summed E-state index contributed by atoms with van der Waals surface area (Å²) in [6, 6.07) is 3.50. The minimum Gasteiger partial charge on any atom is -0.208 e. The molecule has 0 spiro atoms. The van der Waals surface area contributed by atoms with E-state index in [0.717, 1.165) is 35.2 Å². The molecule has 1 heterocycles. The van der Waals surface area contributed by atoms with Crippen LogP contribution in [0.4, 0.5) is 0 Å². The second-order valence-electron chi connectivity index (χ2n) is 4.56.